The first-order valence-corrected chi connectivity index (χ1v) is 8.51. The molecule has 0 spiro atoms. The fourth-order valence-electron chi connectivity index (χ4n) is 2.87. The van der Waals surface area contributed by atoms with E-state index in [-0.39, 0.29) is 29.6 Å². The molecule has 0 aliphatic carbocycles. The molecule has 4 aromatic heterocycles. The highest BCUT2D eigenvalue weighted by molar-refractivity contribution is 5.89. The molecule has 0 aromatic carbocycles. The van der Waals surface area contributed by atoms with Crippen LogP contribution in [0.25, 0.3) is 22.7 Å². The van der Waals surface area contributed by atoms with Crippen LogP contribution in [-0.2, 0) is 32.5 Å². The second kappa shape index (κ2) is 6.54. The number of amides is 1. The van der Waals surface area contributed by atoms with Gasteiger partial charge < -0.3 is 8.98 Å². The molecule has 29 heavy (non-hydrogen) atoms. The van der Waals surface area contributed by atoms with Crippen LogP contribution >= 0.6 is 0 Å². The van der Waals surface area contributed by atoms with E-state index in [2.05, 4.69) is 25.6 Å². The fourth-order valence-corrected chi connectivity index (χ4v) is 2.87. The fraction of sp³-hybridized carbons (Fsp3) is 0.312. The summed E-state index contributed by atoms with van der Waals surface area (Å²) in [6, 6.07) is 1.68. The number of nitrogens with one attached hydrogen (secondary N) is 1. The molecule has 0 fully saturated rings. The number of carbonyl (C=O) groups is 1. The highest BCUT2D eigenvalue weighted by atomic mass is 16.4. The molecule has 0 unspecified atom stereocenters. The van der Waals surface area contributed by atoms with E-state index in [1.54, 1.807) is 17.8 Å². The largest absolute Gasteiger partial charge is 0.401 e. The van der Waals surface area contributed by atoms with Crippen molar-refractivity contribution >= 4 is 23.1 Å². The summed E-state index contributed by atoms with van der Waals surface area (Å²) in [4.78, 5) is 40.9. The third-order valence-corrected chi connectivity index (χ3v) is 4.54. The molecular formula is C16H17N9O4. The molecule has 0 aliphatic rings. The molecule has 0 aliphatic heterocycles. The minimum absolute atomic E-state index is 0.0990. The zero-order chi connectivity index (χ0) is 20.9. The van der Waals surface area contributed by atoms with Crippen molar-refractivity contribution in [1.82, 2.24) is 38.7 Å². The Balaban J connectivity index is 1.57. The molecular weight excluding hydrogens is 382 g/mol. The Morgan fingerprint density at radius 1 is 1.17 bits per heavy atom. The van der Waals surface area contributed by atoms with Gasteiger partial charge in [0.25, 0.3) is 11.4 Å². The number of carbonyl (C=O) groups excluding carboxylic acids is 1. The van der Waals surface area contributed by atoms with Gasteiger partial charge in [0.15, 0.2) is 11.2 Å². The summed E-state index contributed by atoms with van der Waals surface area (Å²) < 4.78 is 10.6. The number of hydrogen-bond donors (Lipinski definition) is 1. The summed E-state index contributed by atoms with van der Waals surface area (Å²) in [6.07, 6.45) is 1.32. The molecule has 0 saturated heterocycles. The predicted molar refractivity (Wildman–Crippen MR) is 100 cm³/mol. The van der Waals surface area contributed by atoms with Gasteiger partial charge in [-0.3, -0.25) is 28.7 Å². The average molecular weight is 399 g/mol. The van der Waals surface area contributed by atoms with Gasteiger partial charge in [-0.1, -0.05) is 5.10 Å². The van der Waals surface area contributed by atoms with E-state index in [0.717, 1.165) is 10.3 Å². The Morgan fingerprint density at radius 2 is 1.93 bits per heavy atom. The highest BCUT2D eigenvalue weighted by Gasteiger charge is 2.18. The lowest BCUT2D eigenvalue weighted by atomic mass is 10.4. The summed E-state index contributed by atoms with van der Waals surface area (Å²) in [7, 11) is 4.65. The lowest BCUT2D eigenvalue weighted by Gasteiger charge is -2.06. The first-order chi connectivity index (χ1) is 13.8. The van der Waals surface area contributed by atoms with Crippen molar-refractivity contribution < 1.29 is 9.21 Å². The maximum absolute atomic E-state index is 12.4. The summed E-state index contributed by atoms with van der Waals surface area (Å²) in [5.41, 5.74) is 0.686. The van der Waals surface area contributed by atoms with Crippen LogP contribution in [0.1, 0.15) is 5.69 Å². The minimum Gasteiger partial charge on any atom is -0.401 e. The smallest absolute Gasteiger partial charge is 0.332 e. The molecule has 150 valence electrons. The maximum atomic E-state index is 12.4. The van der Waals surface area contributed by atoms with E-state index in [0.29, 0.717) is 5.69 Å². The lowest BCUT2D eigenvalue weighted by molar-refractivity contribution is -0.116. The number of aryl methyl sites for hydroxylation is 3. The zero-order valence-electron chi connectivity index (χ0n) is 16.1. The molecule has 0 bridgehead atoms. The SMILES string of the molecule is Cc1cc(-c2nnc(NC(=O)Cn3cnc4c3c(=O)n(C)c(=O)n4C)o2)nn1C. The van der Waals surface area contributed by atoms with Gasteiger partial charge in [-0.2, -0.15) is 5.10 Å². The van der Waals surface area contributed by atoms with Crippen LogP contribution in [-0.4, -0.2) is 44.6 Å². The molecule has 1 amide bonds. The first kappa shape index (κ1) is 18.3. The number of rotatable bonds is 4. The molecule has 4 aromatic rings. The van der Waals surface area contributed by atoms with Gasteiger partial charge in [0.1, 0.15) is 12.2 Å². The van der Waals surface area contributed by atoms with Gasteiger partial charge in [0, 0.05) is 26.8 Å². The van der Waals surface area contributed by atoms with Gasteiger partial charge >= 0.3 is 11.7 Å². The molecule has 13 heteroatoms. The van der Waals surface area contributed by atoms with Crippen molar-refractivity contribution in [2.24, 2.45) is 21.1 Å². The van der Waals surface area contributed by atoms with E-state index in [1.165, 1.54) is 29.6 Å². The summed E-state index contributed by atoms with van der Waals surface area (Å²) in [5, 5.41) is 14.4. The van der Waals surface area contributed by atoms with Crippen molar-refractivity contribution in [3.8, 4) is 11.6 Å². The van der Waals surface area contributed by atoms with E-state index in [1.807, 2.05) is 6.92 Å². The number of nitrogens with zero attached hydrogens (tertiary/aromatic N) is 8. The predicted octanol–water partition coefficient (Wildman–Crippen LogP) is -0.836. The van der Waals surface area contributed by atoms with E-state index < -0.39 is 17.2 Å². The second-order valence-corrected chi connectivity index (χ2v) is 6.51. The maximum Gasteiger partial charge on any atom is 0.332 e. The van der Waals surface area contributed by atoms with Crippen molar-refractivity contribution in [3.63, 3.8) is 0 Å². The van der Waals surface area contributed by atoms with Gasteiger partial charge in [-0.05, 0) is 13.0 Å². The Kier molecular flexibility index (Phi) is 4.14. The van der Waals surface area contributed by atoms with Crippen LogP contribution in [0.2, 0.25) is 0 Å². The molecule has 0 saturated carbocycles. The lowest BCUT2D eigenvalue weighted by Crippen LogP contribution is -2.37. The normalized spacial score (nSPS) is 11.3. The molecule has 13 nitrogen and oxygen atoms in total. The summed E-state index contributed by atoms with van der Waals surface area (Å²) in [6.45, 7) is 1.65. The highest BCUT2D eigenvalue weighted by Crippen LogP contribution is 2.19. The van der Waals surface area contributed by atoms with Gasteiger partial charge in [-0.15, -0.1) is 5.10 Å². The standard InChI is InChI=1S/C16H17N9O4/c1-8-5-9(21-24(8)4)13-19-20-15(29-13)18-10(26)6-25-7-17-12-11(25)14(27)23(3)16(28)22(12)2/h5,7H,6H2,1-4H3,(H,18,20,26). The second-order valence-electron chi connectivity index (χ2n) is 6.51. The van der Waals surface area contributed by atoms with Gasteiger partial charge in [0.2, 0.25) is 5.91 Å². The minimum atomic E-state index is -0.543. The number of hydrogen-bond acceptors (Lipinski definition) is 8. The van der Waals surface area contributed by atoms with Crippen molar-refractivity contribution in [2.75, 3.05) is 5.32 Å². The molecule has 0 radical (unpaired) electrons. The van der Waals surface area contributed by atoms with E-state index >= 15 is 0 Å². The van der Waals surface area contributed by atoms with Crippen LogP contribution in [0.5, 0.6) is 0 Å². The van der Waals surface area contributed by atoms with Crippen LogP contribution in [0.15, 0.2) is 26.4 Å². The Labute approximate surface area is 162 Å². The summed E-state index contributed by atoms with van der Waals surface area (Å²) >= 11 is 0. The number of fused-ring (bicyclic) bond motifs is 1. The molecule has 4 rings (SSSR count). The average Bonchev–Trinajstić information content (AvgIpc) is 3.38. The van der Waals surface area contributed by atoms with Crippen molar-refractivity contribution in [3.05, 3.63) is 38.9 Å². The quantitative estimate of drug-likeness (QED) is 0.467. The third kappa shape index (κ3) is 3.01. The summed E-state index contributed by atoms with van der Waals surface area (Å²) in [5.74, 6) is -0.339. The number of anilines is 1. The third-order valence-electron chi connectivity index (χ3n) is 4.54. The van der Waals surface area contributed by atoms with E-state index in [9.17, 15) is 14.4 Å². The molecule has 1 N–H and O–H groups in total. The molecule has 0 atom stereocenters. The van der Waals surface area contributed by atoms with Gasteiger partial charge in [-0.25, -0.2) is 9.78 Å². The van der Waals surface area contributed by atoms with Gasteiger partial charge in [0.05, 0.1) is 6.33 Å². The van der Waals surface area contributed by atoms with Crippen LogP contribution in [0, 0.1) is 6.92 Å². The van der Waals surface area contributed by atoms with Crippen LogP contribution in [0.3, 0.4) is 0 Å². The monoisotopic (exact) mass is 399 g/mol. The Hall–Kier alpha value is -4.03. The van der Waals surface area contributed by atoms with Crippen molar-refractivity contribution in [1.29, 1.82) is 0 Å². The van der Waals surface area contributed by atoms with Crippen molar-refractivity contribution in [2.45, 2.75) is 13.5 Å². The number of aromatic nitrogens is 8. The van der Waals surface area contributed by atoms with E-state index in [4.69, 9.17) is 4.42 Å². The topological polar surface area (TPSA) is 148 Å². The Bertz CT molecular complexity index is 1350. The molecule has 4 heterocycles. The number of imidazole rings is 1. The zero-order valence-corrected chi connectivity index (χ0v) is 16.1. The van der Waals surface area contributed by atoms with Crippen LogP contribution < -0.4 is 16.6 Å². The first-order valence-electron chi connectivity index (χ1n) is 8.51. The van der Waals surface area contributed by atoms with Crippen LogP contribution in [0.4, 0.5) is 6.01 Å². The Morgan fingerprint density at radius 3 is 2.62 bits per heavy atom.